The smallest absolute Gasteiger partial charge is 0.313 e. The zero-order chi connectivity index (χ0) is 20.8. The molecule has 0 saturated heterocycles. The predicted molar refractivity (Wildman–Crippen MR) is 103 cm³/mol. The molecule has 3 rings (SSSR count). The van der Waals surface area contributed by atoms with Crippen LogP contribution < -0.4 is 15.4 Å². The van der Waals surface area contributed by atoms with Crippen LogP contribution in [0.2, 0.25) is 0 Å². The Kier molecular flexibility index (Phi) is 6.35. The maximum atomic E-state index is 12.7. The molecule has 152 valence electrons. The molecule has 29 heavy (non-hydrogen) atoms. The summed E-state index contributed by atoms with van der Waals surface area (Å²) in [5.41, 5.74) is 1.35. The van der Waals surface area contributed by atoms with Crippen LogP contribution >= 0.6 is 0 Å². The highest BCUT2D eigenvalue weighted by Gasteiger charge is 2.22. The standard InChI is InChI=1S/C19H21N5O5/c1-13(25)20-19-21-17-16(18(27)22-19)23(10-15-6-4-3-5-7-15)11-24(17)12-28-8-9-29-14(2)26/h3-7,11H,8-10,12H2,1-2H3,(H-,20,21,22,25,27)/p+1. The van der Waals surface area contributed by atoms with E-state index in [1.54, 1.807) is 15.5 Å². The molecule has 10 heteroatoms. The van der Waals surface area contributed by atoms with Gasteiger partial charge in [-0.3, -0.25) is 29.3 Å². The Bertz CT molecular complexity index is 1070. The summed E-state index contributed by atoms with van der Waals surface area (Å²) in [6.07, 6.45) is 1.73. The highest BCUT2D eigenvalue weighted by Crippen LogP contribution is 2.10. The van der Waals surface area contributed by atoms with Crippen LogP contribution in [0.3, 0.4) is 0 Å². The molecule has 2 N–H and O–H groups in total. The van der Waals surface area contributed by atoms with Crippen molar-refractivity contribution in [3.05, 3.63) is 52.6 Å². The number of nitrogens with zero attached hydrogens (tertiary/aromatic N) is 3. The van der Waals surface area contributed by atoms with Crippen molar-refractivity contribution in [2.45, 2.75) is 27.1 Å². The SMILES string of the molecule is CC(=O)Nc1nc2c(c(=O)[nH]1)n(Cc1ccccc1)c[n+]2COCCOC(C)=O. The normalized spacial score (nSPS) is 10.8. The Balaban J connectivity index is 1.92. The molecule has 3 aromatic rings. The van der Waals surface area contributed by atoms with Crippen LogP contribution in [0, 0.1) is 0 Å². The summed E-state index contributed by atoms with van der Waals surface area (Å²) in [5, 5.41) is 2.49. The Hall–Kier alpha value is -3.53. The monoisotopic (exact) mass is 400 g/mol. The van der Waals surface area contributed by atoms with Gasteiger partial charge in [0.1, 0.15) is 6.61 Å². The first-order valence-corrected chi connectivity index (χ1v) is 8.99. The van der Waals surface area contributed by atoms with E-state index < -0.39 is 0 Å². The Morgan fingerprint density at radius 2 is 1.97 bits per heavy atom. The molecule has 0 radical (unpaired) electrons. The summed E-state index contributed by atoms with van der Waals surface area (Å²) in [5.74, 6) is -0.671. The maximum Gasteiger partial charge on any atom is 0.313 e. The largest absolute Gasteiger partial charge is 0.463 e. The van der Waals surface area contributed by atoms with Gasteiger partial charge in [-0.15, -0.1) is 0 Å². The van der Waals surface area contributed by atoms with E-state index in [0.717, 1.165) is 5.56 Å². The van der Waals surface area contributed by atoms with E-state index in [4.69, 9.17) is 9.47 Å². The molecule has 0 aliphatic heterocycles. The van der Waals surface area contributed by atoms with E-state index in [1.165, 1.54) is 13.8 Å². The first-order valence-electron chi connectivity index (χ1n) is 8.99. The lowest BCUT2D eigenvalue weighted by molar-refractivity contribution is -0.711. The third kappa shape index (κ3) is 5.26. The summed E-state index contributed by atoms with van der Waals surface area (Å²) >= 11 is 0. The van der Waals surface area contributed by atoms with Gasteiger partial charge >= 0.3 is 11.6 Å². The van der Waals surface area contributed by atoms with E-state index in [-0.39, 0.29) is 43.3 Å². The van der Waals surface area contributed by atoms with Crippen LogP contribution in [0.1, 0.15) is 19.4 Å². The molecule has 2 aromatic heterocycles. The summed E-state index contributed by atoms with van der Waals surface area (Å²) in [6.45, 7) is 3.53. The van der Waals surface area contributed by atoms with E-state index >= 15 is 0 Å². The Morgan fingerprint density at radius 3 is 2.66 bits per heavy atom. The predicted octanol–water partition coefficient (Wildman–Crippen LogP) is 0.556. The second-order valence-electron chi connectivity index (χ2n) is 6.34. The van der Waals surface area contributed by atoms with E-state index in [0.29, 0.717) is 17.7 Å². The molecule has 1 aromatic carbocycles. The quantitative estimate of drug-likeness (QED) is 0.324. The Morgan fingerprint density at radius 1 is 1.21 bits per heavy atom. The fourth-order valence-corrected chi connectivity index (χ4v) is 2.82. The second kappa shape index (κ2) is 9.11. The summed E-state index contributed by atoms with van der Waals surface area (Å²) in [7, 11) is 0. The molecule has 0 unspecified atom stereocenters. The van der Waals surface area contributed by atoms with Gasteiger partial charge in [-0.2, -0.15) is 0 Å². The number of rotatable bonds is 8. The highest BCUT2D eigenvalue weighted by molar-refractivity contribution is 5.87. The fourth-order valence-electron chi connectivity index (χ4n) is 2.82. The number of carbonyl (C=O) groups is 2. The van der Waals surface area contributed by atoms with Crippen LogP contribution in [0.15, 0.2) is 41.5 Å². The molecule has 0 atom stereocenters. The number of hydrogen-bond acceptors (Lipinski definition) is 6. The zero-order valence-electron chi connectivity index (χ0n) is 16.2. The van der Waals surface area contributed by atoms with Crippen molar-refractivity contribution in [1.29, 1.82) is 0 Å². The maximum absolute atomic E-state index is 12.7. The number of amides is 1. The minimum atomic E-state index is -0.381. The van der Waals surface area contributed by atoms with Crippen LogP contribution in [0.25, 0.3) is 11.2 Å². The lowest BCUT2D eigenvalue weighted by Crippen LogP contribution is -2.35. The van der Waals surface area contributed by atoms with Crippen molar-refractivity contribution in [3.63, 3.8) is 0 Å². The van der Waals surface area contributed by atoms with Crippen LogP contribution in [-0.4, -0.2) is 39.6 Å². The van der Waals surface area contributed by atoms with Gasteiger partial charge in [-0.1, -0.05) is 35.3 Å². The molecule has 0 aliphatic carbocycles. The first-order chi connectivity index (χ1) is 13.9. The summed E-state index contributed by atoms with van der Waals surface area (Å²) in [6, 6.07) is 9.68. The number of aromatic nitrogens is 4. The number of H-pyrrole nitrogens is 1. The molecule has 0 aliphatic rings. The molecule has 1 amide bonds. The lowest BCUT2D eigenvalue weighted by Gasteiger charge is -2.03. The molecule has 0 fully saturated rings. The van der Waals surface area contributed by atoms with Crippen molar-refractivity contribution in [3.8, 4) is 0 Å². The van der Waals surface area contributed by atoms with Crippen LogP contribution in [0.5, 0.6) is 0 Å². The van der Waals surface area contributed by atoms with Crippen molar-refractivity contribution in [1.82, 2.24) is 14.5 Å². The minimum absolute atomic E-state index is 0.0566. The van der Waals surface area contributed by atoms with Crippen molar-refractivity contribution in [2.24, 2.45) is 0 Å². The first kappa shape index (κ1) is 20.2. The number of hydrogen-bond donors (Lipinski definition) is 2. The lowest BCUT2D eigenvalue weighted by atomic mass is 10.2. The van der Waals surface area contributed by atoms with Crippen LogP contribution in [-0.2, 0) is 32.3 Å². The van der Waals surface area contributed by atoms with E-state index in [2.05, 4.69) is 15.3 Å². The molecule has 10 nitrogen and oxygen atoms in total. The van der Waals surface area contributed by atoms with Gasteiger partial charge in [-0.25, -0.2) is 4.57 Å². The van der Waals surface area contributed by atoms with Crippen molar-refractivity contribution in [2.75, 3.05) is 18.5 Å². The number of nitrogens with one attached hydrogen (secondary N) is 2. The van der Waals surface area contributed by atoms with Gasteiger partial charge in [0.15, 0.2) is 13.1 Å². The highest BCUT2D eigenvalue weighted by atomic mass is 16.6. The average molecular weight is 400 g/mol. The fraction of sp³-hybridized carbons (Fsp3) is 0.316. The van der Waals surface area contributed by atoms with Gasteiger partial charge in [-0.05, 0) is 5.56 Å². The molecule has 0 bridgehead atoms. The molecule has 0 spiro atoms. The van der Waals surface area contributed by atoms with Gasteiger partial charge in [0.05, 0.1) is 13.2 Å². The number of benzene rings is 1. The average Bonchev–Trinajstić information content (AvgIpc) is 2.99. The number of esters is 1. The van der Waals surface area contributed by atoms with Crippen LogP contribution in [0.4, 0.5) is 5.95 Å². The zero-order valence-corrected chi connectivity index (χ0v) is 16.2. The molecule has 0 saturated carbocycles. The van der Waals surface area contributed by atoms with Gasteiger partial charge < -0.3 is 9.47 Å². The third-order valence-electron chi connectivity index (χ3n) is 3.97. The third-order valence-corrected chi connectivity index (χ3v) is 3.97. The molecule has 2 heterocycles. The summed E-state index contributed by atoms with van der Waals surface area (Å²) < 4.78 is 13.8. The number of fused-ring (bicyclic) bond motifs is 1. The number of ether oxygens (including phenoxy) is 2. The van der Waals surface area contributed by atoms with Crippen molar-refractivity contribution >= 4 is 29.0 Å². The second-order valence-corrected chi connectivity index (χ2v) is 6.34. The van der Waals surface area contributed by atoms with Gasteiger partial charge in [0, 0.05) is 13.8 Å². The van der Waals surface area contributed by atoms with E-state index in [1.807, 2.05) is 30.3 Å². The van der Waals surface area contributed by atoms with Gasteiger partial charge in [0.25, 0.3) is 11.5 Å². The molecular formula is C19H22N5O5+. The number of carbonyl (C=O) groups excluding carboxylic acids is 2. The molecular weight excluding hydrogens is 378 g/mol. The topological polar surface area (TPSA) is 119 Å². The van der Waals surface area contributed by atoms with Crippen molar-refractivity contribution < 1.29 is 23.6 Å². The number of aromatic amines is 1. The number of anilines is 1. The number of imidazole rings is 1. The summed E-state index contributed by atoms with van der Waals surface area (Å²) in [4.78, 5) is 41.8. The van der Waals surface area contributed by atoms with E-state index in [9.17, 15) is 14.4 Å². The minimum Gasteiger partial charge on any atom is -0.463 e. The van der Waals surface area contributed by atoms with Gasteiger partial charge in [0.2, 0.25) is 11.4 Å². The Labute approximate surface area is 166 Å².